The smallest absolute Gasteiger partial charge is 0.405 e. The van der Waals surface area contributed by atoms with E-state index < -0.39 is 6.36 Å². The lowest BCUT2D eigenvalue weighted by Crippen LogP contribution is -2.17. The zero-order chi connectivity index (χ0) is 13.8. The van der Waals surface area contributed by atoms with Crippen LogP contribution in [0.2, 0.25) is 0 Å². The van der Waals surface area contributed by atoms with Crippen molar-refractivity contribution >= 4 is 21.6 Å². The van der Waals surface area contributed by atoms with E-state index in [1.165, 1.54) is 18.2 Å². The van der Waals surface area contributed by atoms with E-state index in [4.69, 9.17) is 0 Å². The summed E-state index contributed by atoms with van der Waals surface area (Å²) >= 11 is 3.04. The molecule has 0 heterocycles. The highest BCUT2D eigenvalue weighted by Gasteiger charge is 2.31. The molecule has 100 valence electrons. The van der Waals surface area contributed by atoms with Crippen LogP contribution in [0, 0.1) is 0 Å². The van der Waals surface area contributed by atoms with Crippen LogP contribution in [0.3, 0.4) is 0 Å². The molecular formula is C12H13BrF3NO. The molecule has 0 amide bonds. The molecule has 0 radical (unpaired) electrons. The van der Waals surface area contributed by atoms with Crippen LogP contribution in [-0.2, 0) is 0 Å². The lowest BCUT2D eigenvalue weighted by Gasteiger charge is -2.12. The first kappa shape index (κ1) is 14.9. The predicted octanol–water partition coefficient (Wildman–Crippen LogP) is 4.73. The van der Waals surface area contributed by atoms with E-state index in [-0.39, 0.29) is 10.2 Å². The van der Waals surface area contributed by atoms with E-state index in [1.54, 1.807) is 0 Å². The third-order valence-corrected chi connectivity index (χ3v) is 2.82. The maximum Gasteiger partial charge on any atom is 0.573 e. The molecule has 0 spiro atoms. The molecule has 0 aliphatic carbocycles. The van der Waals surface area contributed by atoms with Gasteiger partial charge in [0.05, 0.1) is 4.47 Å². The summed E-state index contributed by atoms with van der Waals surface area (Å²) in [6.45, 7) is 6.40. The second kappa shape index (κ2) is 6.13. The Morgan fingerprint density at radius 3 is 2.61 bits per heavy atom. The van der Waals surface area contributed by atoms with Crippen LogP contribution >= 0.6 is 15.9 Å². The number of hydrogen-bond acceptors (Lipinski definition) is 2. The van der Waals surface area contributed by atoms with Crippen molar-refractivity contribution in [1.29, 1.82) is 0 Å². The number of hydrogen-bond donors (Lipinski definition) is 1. The molecule has 0 aliphatic heterocycles. The van der Waals surface area contributed by atoms with E-state index in [0.717, 1.165) is 12.0 Å². The minimum atomic E-state index is -4.69. The number of anilines is 1. The summed E-state index contributed by atoms with van der Waals surface area (Å²) in [7, 11) is 0. The highest BCUT2D eigenvalue weighted by atomic mass is 79.9. The van der Waals surface area contributed by atoms with Crippen molar-refractivity contribution in [1.82, 2.24) is 0 Å². The van der Waals surface area contributed by atoms with Gasteiger partial charge in [-0.15, -0.1) is 13.2 Å². The highest BCUT2D eigenvalue weighted by molar-refractivity contribution is 9.10. The highest BCUT2D eigenvalue weighted by Crippen LogP contribution is 2.32. The number of nitrogens with one attached hydrogen (secondary N) is 1. The third kappa shape index (κ3) is 5.00. The fourth-order valence-electron chi connectivity index (χ4n) is 1.17. The number of rotatable bonds is 5. The predicted molar refractivity (Wildman–Crippen MR) is 68.7 cm³/mol. The SMILES string of the molecule is C=C(CC)CNc1ccc(OC(F)(F)F)c(Br)c1. The molecule has 1 aromatic rings. The first-order valence-electron chi connectivity index (χ1n) is 5.27. The fourth-order valence-corrected chi connectivity index (χ4v) is 1.63. The quantitative estimate of drug-likeness (QED) is 0.791. The first-order chi connectivity index (χ1) is 8.31. The number of ether oxygens (including phenoxy) is 1. The van der Waals surface area contributed by atoms with Crippen molar-refractivity contribution < 1.29 is 17.9 Å². The summed E-state index contributed by atoms with van der Waals surface area (Å²) in [5.74, 6) is -0.262. The van der Waals surface area contributed by atoms with E-state index in [2.05, 4.69) is 32.6 Å². The van der Waals surface area contributed by atoms with Crippen LogP contribution in [0.15, 0.2) is 34.8 Å². The molecule has 0 aromatic heterocycles. The van der Waals surface area contributed by atoms with Gasteiger partial charge in [0, 0.05) is 12.2 Å². The van der Waals surface area contributed by atoms with Crippen LogP contribution in [0.4, 0.5) is 18.9 Å². The largest absolute Gasteiger partial charge is 0.573 e. The molecule has 0 fully saturated rings. The van der Waals surface area contributed by atoms with E-state index in [0.29, 0.717) is 12.2 Å². The monoisotopic (exact) mass is 323 g/mol. The number of benzene rings is 1. The van der Waals surface area contributed by atoms with E-state index >= 15 is 0 Å². The molecule has 0 atom stereocenters. The first-order valence-corrected chi connectivity index (χ1v) is 6.07. The van der Waals surface area contributed by atoms with Crippen molar-refractivity contribution in [2.75, 3.05) is 11.9 Å². The van der Waals surface area contributed by atoms with E-state index in [9.17, 15) is 13.2 Å². The molecule has 0 bridgehead atoms. The van der Waals surface area contributed by atoms with Crippen molar-refractivity contribution in [3.63, 3.8) is 0 Å². The Hall–Kier alpha value is -1.17. The molecule has 6 heteroatoms. The standard InChI is InChI=1S/C12H13BrF3NO/c1-3-8(2)7-17-9-4-5-11(10(13)6-9)18-12(14,15)16/h4-6,17H,2-3,7H2,1H3. The van der Waals surface area contributed by atoms with Gasteiger partial charge >= 0.3 is 6.36 Å². The lowest BCUT2D eigenvalue weighted by molar-refractivity contribution is -0.274. The van der Waals surface area contributed by atoms with E-state index in [1.807, 2.05) is 6.92 Å². The van der Waals surface area contributed by atoms with Gasteiger partial charge in [0.25, 0.3) is 0 Å². The molecule has 0 unspecified atom stereocenters. The molecule has 18 heavy (non-hydrogen) atoms. The molecule has 2 nitrogen and oxygen atoms in total. The van der Waals surface area contributed by atoms with Gasteiger partial charge in [-0.25, -0.2) is 0 Å². The summed E-state index contributed by atoms with van der Waals surface area (Å²) in [6, 6.07) is 4.31. The Kier molecular flexibility index (Phi) is 5.07. The van der Waals surface area contributed by atoms with Gasteiger partial charge in [-0.1, -0.05) is 19.1 Å². The Morgan fingerprint density at radius 1 is 1.44 bits per heavy atom. The zero-order valence-electron chi connectivity index (χ0n) is 9.77. The average molecular weight is 324 g/mol. The van der Waals surface area contributed by atoms with Gasteiger partial charge in [0.2, 0.25) is 0 Å². The van der Waals surface area contributed by atoms with Crippen molar-refractivity contribution in [3.05, 3.63) is 34.8 Å². The Morgan fingerprint density at radius 2 is 2.11 bits per heavy atom. The van der Waals surface area contributed by atoms with Crippen molar-refractivity contribution in [2.45, 2.75) is 19.7 Å². The zero-order valence-corrected chi connectivity index (χ0v) is 11.4. The maximum atomic E-state index is 12.1. The summed E-state index contributed by atoms with van der Waals surface area (Å²) < 4.78 is 40.2. The summed E-state index contributed by atoms with van der Waals surface area (Å²) in [4.78, 5) is 0. The minimum absolute atomic E-state index is 0.243. The summed E-state index contributed by atoms with van der Waals surface area (Å²) in [6.07, 6.45) is -3.84. The fraction of sp³-hybridized carbons (Fsp3) is 0.333. The van der Waals surface area contributed by atoms with Crippen LogP contribution in [0.1, 0.15) is 13.3 Å². The molecule has 0 aliphatic rings. The number of halogens is 4. The van der Waals surface area contributed by atoms with Crippen molar-refractivity contribution in [3.8, 4) is 5.75 Å². The molecule has 1 N–H and O–H groups in total. The Labute approximate surface area is 112 Å². The molecule has 1 rings (SSSR count). The Bertz CT molecular complexity index is 432. The van der Waals surface area contributed by atoms with Gasteiger partial charge in [-0.3, -0.25) is 0 Å². The minimum Gasteiger partial charge on any atom is -0.405 e. The molecule has 1 aromatic carbocycles. The maximum absolute atomic E-state index is 12.1. The third-order valence-electron chi connectivity index (χ3n) is 2.20. The van der Waals surface area contributed by atoms with Crippen molar-refractivity contribution in [2.24, 2.45) is 0 Å². The lowest BCUT2D eigenvalue weighted by atomic mass is 10.2. The number of alkyl halides is 3. The normalized spacial score (nSPS) is 11.2. The average Bonchev–Trinajstić information content (AvgIpc) is 2.27. The molecular weight excluding hydrogens is 311 g/mol. The van der Waals surface area contributed by atoms with Crippen LogP contribution in [-0.4, -0.2) is 12.9 Å². The van der Waals surface area contributed by atoms with Crippen LogP contribution in [0.5, 0.6) is 5.75 Å². The van der Waals surface area contributed by atoms with Gasteiger partial charge in [-0.2, -0.15) is 0 Å². The van der Waals surface area contributed by atoms with Crippen LogP contribution < -0.4 is 10.1 Å². The summed E-state index contributed by atoms with van der Waals surface area (Å²) in [5.41, 5.74) is 1.72. The second-order valence-corrected chi connectivity index (χ2v) is 4.50. The van der Waals surface area contributed by atoms with Gasteiger partial charge in [0.15, 0.2) is 0 Å². The van der Waals surface area contributed by atoms with Crippen LogP contribution in [0.25, 0.3) is 0 Å². The topological polar surface area (TPSA) is 21.3 Å². The Balaban J connectivity index is 2.70. The molecule has 0 saturated carbocycles. The van der Waals surface area contributed by atoms with Gasteiger partial charge in [0.1, 0.15) is 5.75 Å². The summed E-state index contributed by atoms with van der Waals surface area (Å²) in [5, 5.41) is 3.06. The second-order valence-electron chi connectivity index (χ2n) is 3.65. The van der Waals surface area contributed by atoms with Gasteiger partial charge < -0.3 is 10.1 Å². The molecule has 0 saturated heterocycles. The van der Waals surface area contributed by atoms with Gasteiger partial charge in [-0.05, 0) is 40.5 Å².